The van der Waals surface area contributed by atoms with Crippen LogP contribution in [0.4, 0.5) is 13.2 Å². The number of likely N-dealkylation sites (N-methyl/N-ethyl adjacent to an activating group) is 1. The van der Waals surface area contributed by atoms with E-state index in [-0.39, 0.29) is 12.3 Å². The summed E-state index contributed by atoms with van der Waals surface area (Å²) in [4.78, 5) is 9.48. The van der Waals surface area contributed by atoms with Crippen molar-refractivity contribution in [2.24, 2.45) is 4.99 Å². The van der Waals surface area contributed by atoms with Gasteiger partial charge in [-0.2, -0.15) is 13.2 Å². The highest BCUT2D eigenvalue weighted by Gasteiger charge is 2.28. The maximum absolute atomic E-state index is 12.6. The van der Waals surface area contributed by atoms with Crippen LogP contribution in [0.1, 0.15) is 31.9 Å². The Balaban J connectivity index is 1.96. The Labute approximate surface area is 183 Å². The topological polar surface area (TPSA) is 52.1 Å². The number of benzene rings is 1. The molecule has 1 aromatic rings. The second-order valence-corrected chi connectivity index (χ2v) is 7.91. The first kappa shape index (κ1) is 25.3. The molecule has 176 valence electrons. The maximum atomic E-state index is 12.6. The number of ether oxygens (including phenoxy) is 1. The summed E-state index contributed by atoms with van der Waals surface area (Å²) in [7, 11) is 0. The second kappa shape index (κ2) is 12.1. The van der Waals surface area contributed by atoms with Gasteiger partial charge in [-0.3, -0.25) is 4.90 Å². The van der Waals surface area contributed by atoms with Crippen molar-refractivity contribution in [3.8, 4) is 5.75 Å². The molecule has 1 fully saturated rings. The van der Waals surface area contributed by atoms with Crippen molar-refractivity contribution in [1.29, 1.82) is 0 Å². The standard InChI is InChI=1S/C22H36F3N5O/c1-5-26-21(27-14-18(4)30-11-9-29(6-2)10-12-30)28-15-19-8-7-17(3)13-20(19)31-16-22(23,24)25/h7-8,13,18H,5-6,9-12,14-16H2,1-4H3,(H2,26,27,28). The maximum Gasteiger partial charge on any atom is 0.422 e. The molecule has 1 heterocycles. The van der Waals surface area contributed by atoms with Gasteiger partial charge >= 0.3 is 6.18 Å². The van der Waals surface area contributed by atoms with Crippen molar-refractivity contribution in [1.82, 2.24) is 20.4 Å². The lowest BCUT2D eigenvalue weighted by atomic mass is 10.1. The molecular weight excluding hydrogens is 407 g/mol. The molecule has 1 saturated heterocycles. The fraction of sp³-hybridized carbons (Fsp3) is 0.682. The molecule has 1 aliphatic rings. The van der Waals surface area contributed by atoms with Gasteiger partial charge in [-0.15, -0.1) is 0 Å². The molecule has 6 nitrogen and oxygen atoms in total. The van der Waals surface area contributed by atoms with Crippen LogP contribution in [0.25, 0.3) is 0 Å². The molecule has 1 atom stereocenters. The highest BCUT2D eigenvalue weighted by Crippen LogP contribution is 2.24. The van der Waals surface area contributed by atoms with E-state index in [1.54, 1.807) is 12.1 Å². The van der Waals surface area contributed by atoms with Gasteiger partial charge in [-0.25, -0.2) is 4.99 Å². The molecule has 9 heteroatoms. The van der Waals surface area contributed by atoms with Crippen molar-refractivity contribution in [3.63, 3.8) is 0 Å². The Kier molecular flexibility index (Phi) is 9.90. The summed E-state index contributed by atoms with van der Waals surface area (Å²) >= 11 is 0. The lowest BCUT2D eigenvalue weighted by Crippen LogP contribution is -2.53. The zero-order valence-corrected chi connectivity index (χ0v) is 19.1. The number of aliphatic imine (C=N–C) groups is 1. The van der Waals surface area contributed by atoms with E-state index in [9.17, 15) is 13.2 Å². The van der Waals surface area contributed by atoms with E-state index in [1.807, 2.05) is 19.9 Å². The third-order valence-electron chi connectivity index (χ3n) is 5.41. The Morgan fingerprint density at radius 1 is 1.16 bits per heavy atom. The molecule has 0 radical (unpaired) electrons. The first-order chi connectivity index (χ1) is 14.7. The van der Waals surface area contributed by atoms with Gasteiger partial charge in [0.05, 0.1) is 6.54 Å². The van der Waals surface area contributed by atoms with Gasteiger partial charge in [0.2, 0.25) is 0 Å². The fourth-order valence-corrected chi connectivity index (χ4v) is 3.49. The third-order valence-corrected chi connectivity index (χ3v) is 5.41. The molecule has 0 bridgehead atoms. The van der Waals surface area contributed by atoms with E-state index in [2.05, 4.69) is 39.3 Å². The Bertz CT molecular complexity index is 703. The number of aryl methyl sites for hydroxylation is 1. The normalized spacial score (nSPS) is 17.5. The van der Waals surface area contributed by atoms with E-state index in [4.69, 9.17) is 4.74 Å². The van der Waals surface area contributed by atoms with Crippen LogP contribution in [0.5, 0.6) is 5.75 Å². The summed E-state index contributed by atoms with van der Waals surface area (Å²) in [5, 5.41) is 6.57. The number of alkyl halides is 3. The van der Waals surface area contributed by atoms with Gasteiger partial charge in [0.1, 0.15) is 5.75 Å². The van der Waals surface area contributed by atoms with Crippen molar-refractivity contribution < 1.29 is 17.9 Å². The number of hydrogen-bond acceptors (Lipinski definition) is 4. The summed E-state index contributed by atoms with van der Waals surface area (Å²) in [5.41, 5.74) is 1.46. The summed E-state index contributed by atoms with van der Waals surface area (Å²) in [6, 6.07) is 5.59. The van der Waals surface area contributed by atoms with Crippen molar-refractivity contribution in [2.45, 2.75) is 46.5 Å². The molecule has 0 amide bonds. The zero-order chi connectivity index (χ0) is 22.9. The average molecular weight is 444 g/mol. The molecule has 31 heavy (non-hydrogen) atoms. The molecule has 1 aliphatic heterocycles. The minimum absolute atomic E-state index is 0.221. The predicted octanol–water partition coefficient (Wildman–Crippen LogP) is 3.02. The first-order valence-corrected chi connectivity index (χ1v) is 11.0. The second-order valence-electron chi connectivity index (χ2n) is 7.91. The lowest BCUT2D eigenvalue weighted by Gasteiger charge is -2.37. The molecular formula is C22H36F3N5O. The van der Waals surface area contributed by atoms with Crippen molar-refractivity contribution in [3.05, 3.63) is 29.3 Å². The molecule has 0 aliphatic carbocycles. The fourth-order valence-electron chi connectivity index (χ4n) is 3.49. The zero-order valence-electron chi connectivity index (χ0n) is 19.1. The van der Waals surface area contributed by atoms with Gasteiger partial charge in [-0.1, -0.05) is 19.1 Å². The molecule has 1 aromatic carbocycles. The molecule has 2 rings (SSSR count). The van der Waals surface area contributed by atoms with Crippen LogP contribution in [-0.2, 0) is 6.54 Å². The summed E-state index contributed by atoms with van der Waals surface area (Å²) in [6.45, 7) is 13.9. The van der Waals surface area contributed by atoms with Crippen LogP contribution in [0.2, 0.25) is 0 Å². The smallest absolute Gasteiger partial charge is 0.422 e. The van der Waals surface area contributed by atoms with Crippen LogP contribution in [-0.4, -0.2) is 80.4 Å². The van der Waals surface area contributed by atoms with Gasteiger partial charge in [0, 0.05) is 50.9 Å². The largest absolute Gasteiger partial charge is 0.484 e. The van der Waals surface area contributed by atoms with Crippen LogP contribution < -0.4 is 15.4 Å². The molecule has 1 unspecified atom stereocenters. The Hall–Kier alpha value is -2.00. The predicted molar refractivity (Wildman–Crippen MR) is 119 cm³/mol. The van der Waals surface area contributed by atoms with Crippen molar-refractivity contribution >= 4 is 5.96 Å². The number of nitrogens with zero attached hydrogens (tertiary/aromatic N) is 3. The Morgan fingerprint density at radius 2 is 1.87 bits per heavy atom. The third kappa shape index (κ3) is 8.95. The monoisotopic (exact) mass is 443 g/mol. The summed E-state index contributed by atoms with van der Waals surface area (Å²) in [6.07, 6.45) is -4.38. The van der Waals surface area contributed by atoms with E-state index >= 15 is 0 Å². The Morgan fingerprint density at radius 3 is 2.48 bits per heavy atom. The van der Waals surface area contributed by atoms with Crippen LogP contribution in [0, 0.1) is 6.92 Å². The highest BCUT2D eigenvalue weighted by atomic mass is 19.4. The number of guanidine groups is 1. The van der Waals surface area contributed by atoms with Crippen molar-refractivity contribution in [2.75, 3.05) is 52.4 Å². The van der Waals surface area contributed by atoms with E-state index in [0.717, 1.165) is 44.8 Å². The number of nitrogens with one attached hydrogen (secondary N) is 2. The van der Waals surface area contributed by atoms with E-state index in [0.29, 0.717) is 24.1 Å². The average Bonchev–Trinajstić information content (AvgIpc) is 2.74. The minimum atomic E-state index is -4.38. The quantitative estimate of drug-likeness (QED) is 0.454. The number of hydrogen-bond donors (Lipinski definition) is 2. The molecule has 0 spiro atoms. The van der Waals surface area contributed by atoms with Gasteiger partial charge in [-0.05, 0) is 38.9 Å². The summed E-state index contributed by atoms with van der Waals surface area (Å²) < 4.78 is 42.8. The van der Waals surface area contributed by atoms with Gasteiger partial charge in [0.15, 0.2) is 12.6 Å². The van der Waals surface area contributed by atoms with Crippen LogP contribution in [0.3, 0.4) is 0 Å². The number of halogens is 3. The van der Waals surface area contributed by atoms with Gasteiger partial charge in [0.25, 0.3) is 0 Å². The minimum Gasteiger partial charge on any atom is -0.484 e. The number of rotatable bonds is 9. The van der Waals surface area contributed by atoms with Crippen LogP contribution >= 0.6 is 0 Å². The molecule has 0 saturated carbocycles. The SMILES string of the molecule is CCNC(=NCc1ccc(C)cc1OCC(F)(F)F)NCC(C)N1CCN(CC)CC1. The van der Waals surface area contributed by atoms with E-state index in [1.165, 1.54) is 0 Å². The van der Waals surface area contributed by atoms with Gasteiger partial charge < -0.3 is 20.3 Å². The first-order valence-electron chi connectivity index (χ1n) is 11.0. The van der Waals surface area contributed by atoms with Crippen LogP contribution in [0.15, 0.2) is 23.2 Å². The molecule has 0 aromatic heterocycles. The molecule has 2 N–H and O–H groups in total. The summed E-state index contributed by atoms with van der Waals surface area (Å²) in [5.74, 6) is 0.864. The van der Waals surface area contributed by atoms with E-state index < -0.39 is 12.8 Å². The number of piperazine rings is 1. The highest BCUT2D eigenvalue weighted by molar-refractivity contribution is 5.79. The lowest BCUT2D eigenvalue weighted by molar-refractivity contribution is -0.153.